The summed E-state index contributed by atoms with van der Waals surface area (Å²) in [6, 6.07) is 2.98. The normalized spacial score (nSPS) is 14.1. The summed E-state index contributed by atoms with van der Waals surface area (Å²) >= 11 is 5.88. The standard InChI is InChI=1S/C13H15ClN2O4/c1-19-11-7-10(14)6-9(8-17)12(11)20-5-4-16-3-2-15-13(16)18/h6-8H,2-5H2,1H3,(H,15,18). The highest BCUT2D eigenvalue weighted by atomic mass is 35.5. The fourth-order valence-electron chi connectivity index (χ4n) is 1.96. The molecule has 2 rings (SSSR count). The van der Waals surface area contributed by atoms with Crippen LogP contribution in [0.5, 0.6) is 11.5 Å². The van der Waals surface area contributed by atoms with Gasteiger partial charge in [-0.25, -0.2) is 4.79 Å². The van der Waals surface area contributed by atoms with E-state index in [4.69, 9.17) is 21.1 Å². The molecule has 0 radical (unpaired) electrons. The molecular weight excluding hydrogens is 284 g/mol. The highest BCUT2D eigenvalue weighted by Gasteiger charge is 2.19. The van der Waals surface area contributed by atoms with E-state index in [0.29, 0.717) is 48.0 Å². The van der Waals surface area contributed by atoms with Crippen molar-refractivity contribution in [2.75, 3.05) is 33.4 Å². The van der Waals surface area contributed by atoms with Crippen molar-refractivity contribution in [1.29, 1.82) is 0 Å². The van der Waals surface area contributed by atoms with Gasteiger partial charge >= 0.3 is 6.03 Å². The van der Waals surface area contributed by atoms with Gasteiger partial charge in [0.15, 0.2) is 17.8 Å². The Morgan fingerprint density at radius 1 is 1.50 bits per heavy atom. The minimum absolute atomic E-state index is 0.104. The summed E-state index contributed by atoms with van der Waals surface area (Å²) in [6.45, 7) is 2.01. The lowest BCUT2D eigenvalue weighted by Crippen LogP contribution is -2.32. The molecule has 1 aliphatic heterocycles. The third kappa shape index (κ3) is 3.14. The van der Waals surface area contributed by atoms with E-state index in [0.717, 1.165) is 0 Å². The molecule has 1 aromatic rings. The van der Waals surface area contributed by atoms with Crippen LogP contribution in [0.25, 0.3) is 0 Å². The molecule has 0 bridgehead atoms. The van der Waals surface area contributed by atoms with Gasteiger partial charge in [0.2, 0.25) is 0 Å². The van der Waals surface area contributed by atoms with E-state index < -0.39 is 0 Å². The molecule has 0 spiro atoms. The number of benzene rings is 1. The maximum atomic E-state index is 11.4. The third-order valence-corrected chi connectivity index (χ3v) is 3.17. The predicted molar refractivity (Wildman–Crippen MR) is 73.9 cm³/mol. The van der Waals surface area contributed by atoms with Crippen molar-refractivity contribution >= 4 is 23.9 Å². The first kappa shape index (κ1) is 14.5. The van der Waals surface area contributed by atoms with Crippen molar-refractivity contribution in [3.05, 3.63) is 22.7 Å². The Labute approximate surface area is 121 Å². The van der Waals surface area contributed by atoms with Crippen LogP contribution in [0.1, 0.15) is 10.4 Å². The summed E-state index contributed by atoms with van der Waals surface area (Å²) in [5.74, 6) is 0.733. The number of amides is 2. The number of carbonyl (C=O) groups is 2. The maximum Gasteiger partial charge on any atom is 0.317 e. The molecule has 2 amide bonds. The minimum atomic E-state index is -0.104. The topological polar surface area (TPSA) is 67.9 Å². The van der Waals surface area contributed by atoms with Gasteiger partial charge in [0.25, 0.3) is 0 Å². The molecule has 20 heavy (non-hydrogen) atoms. The summed E-state index contributed by atoms with van der Waals surface area (Å²) < 4.78 is 10.7. The minimum Gasteiger partial charge on any atom is -0.493 e. The van der Waals surface area contributed by atoms with E-state index in [1.807, 2.05) is 0 Å². The summed E-state index contributed by atoms with van der Waals surface area (Å²) in [6.07, 6.45) is 0.659. The van der Waals surface area contributed by atoms with Crippen LogP contribution in [0.3, 0.4) is 0 Å². The monoisotopic (exact) mass is 298 g/mol. The Morgan fingerprint density at radius 2 is 2.30 bits per heavy atom. The number of ether oxygens (including phenoxy) is 2. The number of halogens is 1. The van der Waals surface area contributed by atoms with Crippen molar-refractivity contribution < 1.29 is 19.1 Å². The van der Waals surface area contributed by atoms with Gasteiger partial charge in [-0.05, 0) is 6.07 Å². The SMILES string of the molecule is COc1cc(Cl)cc(C=O)c1OCCN1CCNC1=O. The van der Waals surface area contributed by atoms with Crippen LogP contribution in [-0.4, -0.2) is 50.6 Å². The summed E-state index contributed by atoms with van der Waals surface area (Å²) in [4.78, 5) is 24.1. The molecule has 0 saturated carbocycles. The van der Waals surface area contributed by atoms with Crippen LogP contribution >= 0.6 is 11.6 Å². The number of aldehydes is 1. The zero-order valence-corrected chi connectivity index (χ0v) is 11.8. The van der Waals surface area contributed by atoms with Crippen LogP contribution in [0.4, 0.5) is 4.79 Å². The van der Waals surface area contributed by atoms with E-state index >= 15 is 0 Å². The molecule has 1 N–H and O–H groups in total. The highest BCUT2D eigenvalue weighted by molar-refractivity contribution is 6.31. The van der Waals surface area contributed by atoms with Gasteiger partial charge in [-0.1, -0.05) is 11.6 Å². The van der Waals surface area contributed by atoms with Gasteiger partial charge in [0, 0.05) is 24.2 Å². The molecule has 0 unspecified atom stereocenters. The second-order valence-corrected chi connectivity index (χ2v) is 4.65. The van der Waals surface area contributed by atoms with Crippen LogP contribution in [0.2, 0.25) is 5.02 Å². The second kappa shape index (κ2) is 6.47. The fraction of sp³-hybridized carbons (Fsp3) is 0.385. The molecule has 1 saturated heterocycles. The van der Waals surface area contributed by atoms with E-state index in [9.17, 15) is 9.59 Å². The lowest BCUT2D eigenvalue weighted by molar-refractivity contribution is 0.111. The predicted octanol–water partition coefficient (Wildman–Crippen LogP) is 1.57. The molecular formula is C13H15ClN2O4. The van der Waals surface area contributed by atoms with Crippen LogP contribution in [0.15, 0.2) is 12.1 Å². The van der Waals surface area contributed by atoms with Gasteiger partial charge in [-0.15, -0.1) is 0 Å². The molecule has 1 aromatic carbocycles. The summed E-state index contributed by atoms with van der Waals surface area (Å²) in [5.41, 5.74) is 0.320. The molecule has 0 aliphatic carbocycles. The average Bonchev–Trinajstić information content (AvgIpc) is 2.85. The Balaban J connectivity index is 2.04. The van der Waals surface area contributed by atoms with Gasteiger partial charge < -0.3 is 19.7 Å². The first-order valence-electron chi connectivity index (χ1n) is 6.14. The molecule has 1 heterocycles. The van der Waals surface area contributed by atoms with E-state index in [-0.39, 0.29) is 12.6 Å². The van der Waals surface area contributed by atoms with Crippen molar-refractivity contribution in [2.24, 2.45) is 0 Å². The quantitative estimate of drug-likeness (QED) is 0.809. The summed E-state index contributed by atoms with van der Waals surface area (Å²) in [7, 11) is 1.47. The van der Waals surface area contributed by atoms with Gasteiger partial charge in [-0.3, -0.25) is 4.79 Å². The van der Waals surface area contributed by atoms with E-state index in [2.05, 4.69) is 5.32 Å². The van der Waals surface area contributed by atoms with Gasteiger partial charge in [0.05, 0.1) is 19.2 Å². The Kier molecular flexibility index (Phi) is 4.68. The molecule has 1 fully saturated rings. The molecule has 6 nitrogen and oxygen atoms in total. The number of rotatable bonds is 6. The molecule has 0 aromatic heterocycles. The largest absolute Gasteiger partial charge is 0.493 e. The third-order valence-electron chi connectivity index (χ3n) is 2.95. The highest BCUT2D eigenvalue weighted by Crippen LogP contribution is 2.33. The van der Waals surface area contributed by atoms with Gasteiger partial charge in [-0.2, -0.15) is 0 Å². The number of hydrogen-bond donors (Lipinski definition) is 1. The Morgan fingerprint density at radius 3 is 2.90 bits per heavy atom. The van der Waals surface area contributed by atoms with Crippen molar-refractivity contribution in [2.45, 2.75) is 0 Å². The number of nitrogens with zero attached hydrogens (tertiary/aromatic N) is 1. The Bertz CT molecular complexity index is 521. The van der Waals surface area contributed by atoms with Crippen LogP contribution in [-0.2, 0) is 0 Å². The smallest absolute Gasteiger partial charge is 0.317 e. The summed E-state index contributed by atoms with van der Waals surface area (Å²) in [5, 5.41) is 3.10. The van der Waals surface area contributed by atoms with Crippen molar-refractivity contribution in [3.8, 4) is 11.5 Å². The van der Waals surface area contributed by atoms with Crippen LogP contribution in [0, 0.1) is 0 Å². The average molecular weight is 299 g/mol. The zero-order valence-electron chi connectivity index (χ0n) is 11.0. The molecule has 0 atom stereocenters. The number of nitrogens with one attached hydrogen (secondary N) is 1. The number of methoxy groups -OCH3 is 1. The van der Waals surface area contributed by atoms with E-state index in [1.165, 1.54) is 13.2 Å². The molecule has 1 aliphatic rings. The number of hydrogen-bond acceptors (Lipinski definition) is 4. The second-order valence-electron chi connectivity index (χ2n) is 4.21. The Hall–Kier alpha value is -1.95. The molecule has 7 heteroatoms. The fourth-order valence-corrected chi connectivity index (χ4v) is 2.18. The lowest BCUT2D eigenvalue weighted by Gasteiger charge is -2.17. The van der Waals surface area contributed by atoms with E-state index in [1.54, 1.807) is 11.0 Å². The van der Waals surface area contributed by atoms with Crippen LogP contribution < -0.4 is 14.8 Å². The van der Waals surface area contributed by atoms with Crippen molar-refractivity contribution in [1.82, 2.24) is 10.2 Å². The number of urea groups is 1. The van der Waals surface area contributed by atoms with Gasteiger partial charge in [0.1, 0.15) is 6.61 Å². The first-order chi connectivity index (χ1) is 9.65. The lowest BCUT2D eigenvalue weighted by atomic mass is 10.2. The maximum absolute atomic E-state index is 11.4. The zero-order chi connectivity index (χ0) is 14.5. The number of carbonyl (C=O) groups excluding carboxylic acids is 2. The van der Waals surface area contributed by atoms with Crippen molar-refractivity contribution in [3.63, 3.8) is 0 Å². The first-order valence-corrected chi connectivity index (χ1v) is 6.51. The molecule has 108 valence electrons.